The molecule has 0 aliphatic carbocycles. The first-order valence-electron chi connectivity index (χ1n) is 14.3. The summed E-state index contributed by atoms with van der Waals surface area (Å²) in [7, 11) is -1.34. The maximum Gasteiger partial charge on any atom is 0.261 e. The Kier molecular flexibility index (Phi) is 8.65. The summed E-state index contributed by atoms with van der Waals surface area (Å²) < 4.78 is 13.7. The number of aliphatic hydroxyl groups excluding tert-OH is 1. The Labute approximate surface area is 253 Å². The second-order valence-corrected chi connectivity index (χ2v) is 16.0. The molecule has 1 heterocycles. The van der Waals surface area contributed by atoms with Crippen LogP contribution in [0.1, 0.15) is 26.5 Å². The van der Waals surface area contributed by atoms with Crippen molar-refractivity contribution in [2.45, 2.75) is 38.5 Å². The summed E-state index contributed by atoms with van der Waals surface area (Å²) in [5.74, 6) is 0.587. The van der Waals surface area contributed by atoms with E-state index in [1.165, 1.54) is 4.57 Å². The lowest BCUT2D eigenvalue weighted by Gasteiger charge is -2.43. The van der Waals surface area contributed by atoms with Crippen molar-refractivity contribution in [2.24, 2.45) is 0 Å². The van der Waals surface area contributed by atoms with Crippen LogP contribution in [-0.4, -0.2) is 37.8 Å². The molecule has 43 heavy (non-hydrogen) atoms. The molecule has 0 bridgehead atoms. The number of hydrogen-bond acceptors (Lipinski definition) is 5. The second-order valence-electron chi connectivity index (χ2n) is 11.7. The third kappa shape index (κ3) is 5.65. The number of aliphatic hydroxyl groups is 1. The van der Waals surface area contributed by atoms with Gasteiger partial charge in [-0.1, -0.05) is 112 Å². The number of nitrogens with zero attached hydrogens (tertiary/aromatic N) is 2. The SMILES string of the molecule is COc1ccc2c(=O)n(CC(O)CO[Si](c3ccccc3)(c3ccccc3)C(C)(C)C)c(C#N)c(-c3ccccc3)c2c1. The highest BCUT2D eigenvalue weighted by Crippen LogP contribution is 2.37. The smallest absolute Gasteiger partial charge is 0.261 e. The molecule has 0 aliphatic rings. The molecule has 1 N–H and O–H groups in total. The zero-order valence-corrected chi connectivity index (χ0v) is 26.0. The average molecular weight is 589 g/mol. The molecular formula is C36H36N2O4Si. The molecule has 5 rings (SSSR count). The number of ether oxygens (including phenoxy) is 1. The van der Waals surface area contributed by atoms with Gasteiger partial charge in [-0.25, -0.2) is 0 Å². The van der Waals surface area contributed by atoms with E-state index in [0.29, 0.717) is 22.1 Å². The molecule has 0 saturated heterocycles. The zero-order chi connectivity index (χ0) is 30.6. The number of nitriles is 1. The monoisotopic (exact) mass is 588 g/mol. The predicted molar refractivity (Wildman–Crippen MR) is 174 cm³/mol. The molecule has 4 aromatic carbocycles. The fraction of sp³-hybridized carbons (Fsp3) is 0.222. The summed E-state index contributed by atoms with van der Waals surface area (Å²) >= 11 is 0. The molecule has 0 spiro atoms. The van der Waals surface area contributed by atoms with Crippen molar-refractivity contribution in [1.29, 1.82) is 5.26 Å². The second kappa shape index (κ2) is 12.4. The lowest BCUT2D eigenvalue weighted by atomic mass is 9.96. The van der Waals surface area contributed by atoms with Crippen LogP contribution in [0.5, 0.6) is 5.75 Å². The number of methoxy groups -OCH3 is 1. The minimum atomic E-state index is -2.91. The Bertz CT molecular complexity index is 1770. The van der Waals surface area contributed by atoms with Gasteiger partial charge in [-0.3, -0.25) is 9.36 Å². The number of benzene rings is 4. The van der Waals surface area contributed by atoms with Crippen molar-refractivity contribution >= 4 is 29.5 Å². The minimum Gasteiger partial charge on any atom is -0.497 e. The van der Waals surface area contributed by atoms with Crippen LogP contribution in [-0.2, 0) is 11.0 Å². The molecule has 0 amide bonds. The Hall–Kier alpha value is -4.48. The summed E-state index contributed by atoms with van der Waals surface area (Å²) in [5, 5.41) is 24.9. The molecule has 7 heteroatoms. The van der Waals surface area contributed by atoms with E-state index >= 15 is 0 Å². The third-order valence-electron chi connectivity index (χ3n) is 7.95. The van der Waals surface area contributed by atoms with Crippen LogP contribution in [0.25, 0.3) is 21.9 Å². The van der Waals surface area contributed by atoms with Crippen molar-refractivity contribution in [3.05, 3.63) is 125 Å². The summed E-state index contributed by atoms with van der Waals surface area (Å²) in [5.41, 5.74) is 1.25. The van der Waals surface area contributed by atoms with Crippen LogP contribution < -0.4 is 20.7 Å². The molecule has 218 valence electrons. The lowest BCUT2D eigenvalue weighted by molar-refractivity contribution is 0.0869. The predicted octanol–water partition coefficient (Wildman–Crippen LogP) is 5.49. The number of aromatic nitrogens is 1. The normalized spacial score (nSPS) is 12.6. The van der Waals surface area contributed by atoms with Crippen LogP contribution in [0.3, 0.4) is 0 Å². The van der Waals surface area contributed by atoms with Crippen LogP contribution in [0.2, 0.25) is 5.04 Å². The zero-order valence-electron chi connectivity index (χ0n) is 25.0. The Morgan fingerprint density at radius 2 is 1.42 bits per heavy atom. The largest absolute Gasteiger partial charge is 0.497 e. The summed E-state index contributed by atoms with van der Waals surface area (Å²) in [4.78, 5) is 13.9. The van der Waals surface area contributed by atoms with Crippen molar-refractivity contribution in [3.63, 3.8) is 0 Å². The van der Waals surface area contributed by atoms with E-state index in [2.05, 4.69) is 51.1 Å². The standard InChI is InChI=1S/C36H36N2O4Si/c1-36(2,3)43(29-16-10-6-11-17-29,30-18-12-7-13-19-30)42-25-27(39)24-38-33(23-37)34(26-14-8-5-9-15-26)32-22-28(41-4)20-21-31(32)35(38)40/h5-22,27,39H,24-25H2,1-4H3. The molecule has 1 unspecified atom stereocenters. The first-order valence-corrected chi connectivity index (χ1v) is 16.2. The number of rotatable bonds is 9. The molecule has 0 fully saturated rings. The van der Waals surface area contributed by atoms with Crippen LogP contribution in [0.15, 0.2) is 114 Å². The summed E-state index contributed by atoms with van der Waals surface area (Å²) in [6.07, 6.45) is -1.05. The lowest BCUT2D eigenvalue weighted by Crippen LogP contribution is -2.67. The van der Waals surface area contributed by atoms with E-state index in [1.54, 1.807) is 25.3 Å². The average Bonchev–Trinajstić information content (AvgIpc) is 3.03. The fourth-order valence-corrected chi connectivity index (χ4v) is 10.6. The van der Waals surface area contributed by atoms with Crippen LogP contribution in [0.4, 0.5) is 0 Å². The van der Waals surface area contributed by atoms with Gasteiger partial charge in [0, 0.05) is 16.3 Å². The van der Waals surface area contributed by atoms with Crippen molar-refractivity contribution in [1.82, 2.24) is 4.57 Å². The first kappa shape index (κ1) is 30.0. The summed E-state index contributed by atoms with van der Waals surface area (Å²) in [6.45, 7) is 6.42. The Morgan fingerprint density at radius 1 is 0.860 bits per heavy atom. The van der Waals surface area contributed by atoms with Gasteiger partial charge in [0.1, 0.15) is 17.5 Å². The number of hydrogen-bond donors (Lipinski definition) is 1. The van der Waals surface area contributed by atoms with E-state index < -0.39 is 14.4 Å². The highest BCUT2D eigenvalue weighted by atomic mass is 28.4. The quantitative estimate of drug-likeness (QED) is 0.230. The van der Waals surface area contributed by atoms with Gasteiger partial charge in [0.2, 0.25) is 0 Å². The summed E-state index contributed by atoms with van der Waals surface area (Å²) in [6, 6.07) is 37.4. The van der Waals surface area contributed by atoms with Crippen LogP contribution >= 0.6 is 0 Å². The van der Waals surface area contributed by atoms with Crippen LogP contribution in [0, 0.1) is 11.3 Å². The van der Waals surface area contributed by atoms with Gasteiger partial charge in [0.25, 0.3) is 13.9 Å². The first-order chi connectivity index (χ1) is 20.7. The maximum atomic E-state index is 13.9. The van der Waals surface area contributed by atoms with E-state index in [9.17, 15) is 15.2 Å². The highest BCUT2D eigenvalue weighted by molar-refractivity contribution is 6.99. The van der Waals surface area contributed by atoms with Gasteiger partial charge in [-0.2, -0.15) is 5.26 Å². The molecule has 0 saturated carbocycles. The van der Waals surface area contributed by atoms with Gasteiger partial charge in [0.15, 0.2) is 0 Å². The van der Waals surface area contributed by atoms with Crippen molar-refractivity contribution in [2.75, 3.05) is 13.7 Å². The maximum absolute atomic E-state index is 13.9. The molecule has 6 nitrogen and oxygen atoms in total. The topological polar surface area (TPSA) is 84.5 Å². The van der Waals surface area contributed by atoms with Gasteiger partial charge in [-0.15, -0.1) is 0 Å². The van der Waals surface area contributed by atoms with E-state index in [-0.39, 0.29) is 29.4 Å². The number of fused-ring (bicyclic) bond motifs is 1. The molecule has 5 aromatic rings. The van der Waals surface area contributed by atoms with Gasteiger partial charge in [-0.05, 0) is 39.2 Å². The van der Waals surface area contributed by atoms with Crippen molar-refractivity contribution < 1.29 is 14.3 Å². The fourth-order valence-electron chi connectivity index (χ4n) is 5.99. The molecule has 1 atom stereocenters. The van der Waals surface area contributed by atoms with E-state index in [0.717, 1.165) is 15.9 Å². The van der Waals surface area contributed by atoms with Crippen molar-refractivity contribution in [3.8, 4) is 22.9 Å². The molecule has 0 radical (unpaired) electrons. The van der Waals surface area contributed by atoms with Gasteiger partial charge < -0.3 is 14.3 Å². The van der Waals surface area contributed by atoms with E-state index in [1.807, 2.05) is 66.7 Å². The third-order valence-corrected chi connectivity index (χ3v) is 13.0. The Morgan fingerprint density at radius 3 is 1.93 bits per heavy atom. The van der Waals surface area contributed by atoms with Gasteiger partial charge in [0.05, 0.1) is 26.4 Å². The van der Waals surface area contributed by atoms with E-state index in [4.69, 9.17) is 9.16 Å². The van der Waals surface area contributed by atoms with Gasteiger partial charge >= 0.3 is 0 Å². The Balaban J connectivity index is 1.59. The molecule has 0 aliphatic heterocycles. The molecule has 1 aromatic heterocycles. The molecular weight excluding hydrogens is 552 g/mol. The minimum absolute atomic E-state index is 0.00803. The highest BCUT2D eigenvalue weighted by Gasteiger charge is 2.50. The number of pyridine rings is 1.